The monoisotopic (exact) mass is 379 g/mol. The van der Waals surface area contributed by atoms with E-state index in [1.54, 1.807) is 0 Å². The quantitative estimate of drug-likeness (QED) is 0.351. The molecule has 0 aliphatic carbocycles. The molecule has 0 bridgehead atoms. The van der Waals surface area contributed by atoms with Crippen molar-refractivity contribution in [2.24, 2.45) is 0 Å². The molecule has 100 valence electrons. The van der Waals surface area contributed by atoms with E-state index in [9.17, 15) is 22.4 Å². The number of esters is 1. The second-order valence-electron chi connectivity index (χ2n) is 2.95. The van der Waals surface area contributed by atoms with Gasteiger partial charge < -0.3 is 9.47 Å². The Kier molecular flexibility index (Phi) is 4.71. The predicted octanol–water partition coefficient (Wildman–Crippen LogP) is 2.84. The lowest BCUT2D eigenvalue weighted by Gasteiger charge is -2.15. The molecule has 0 fully saturated rings. The van der Waals surface area contributed by atoms with Crippen molar-refractivity contribution in [1.82, 2.24) is 4.98 Å². The highest BCUT2D eigenvalue weighted by Crippen LogP contribution is 2.32. The van der Waals surface area contributed by atoms with E-state index in [0.717, 1.165) is 13.3 Å². The van der Waals surface area contributed by atoms with Crippen LogP contribution in [0.25, 0.3) is 0 Å². The summed E-state index contributed by atoms with van der Waals surface area (Å²) in [5.74, 6) is -1.98. The Morgan fingerprint density at radius 2 is 2.11 bits per heavy atom. The van der Waals surface area contributed by atoms with Gasteiger partial charge in [0.15, 0.2) is 5.75 Å². The minimum Gasteiger partial charge on any atom is -0.465 e. The van der Waals surface area contributed by atoms with Crippen molar-refractivity contribution in [1.29, 1.82) is 0 Å². The zero-order valence-electron chi connectivity index (χ0n) is 8.85. The van der Waals surface area contributed by atoms with E-state index in [2.05, 4.69) is 14.5 Å². The van der Waals surface area contributed by atoms with Crippen LogP contribution in [0.15, 0.2) is 6.20 Å². The second-order valence-corrected chi connectivity index (χ2v) is 3.97. The van der Waals surface area contributed by atoms with Gasteiger partial charge in [-0.15, -0.1) is 13.2 Å². The van der Waals surface area contributed by atoms with Crippen LogP contribution in [0.5, 0.6) is 5.75 Å². The molecule has 0 N–H and O–H groups in total. The van der Waals surface area contributed by atoms with Crippen LogP contribution < -0.4 is 4.74 Å². The molecule has 1 rings (SSSR count). The normalized spacial score (nSPS) is 11.2. The Balaban J connectivity index is 3.41. The number of rotatable bonds is 3. The molecule has 0 aromatic carbocycles. The number of carbonyl (C=O) groups is 1. The maximum absolute atomic E-state index is 12.6. The summed E-state index contributed by atoms with van der Waals surface area (Å²) in [7, 11) is 0.967. The van der Waals surface area contributed by atoms with Gasteiger partial charge in [-0.2, -0.15) is 0 Å². The molecule has 0 unspecified atom stereocenters. The molecule has 0 aliphatic rings. The van der Waals surface area contributed by atoms with Gasteiger partial charge >= 0.3 is 12.3 Å². The number of aromatic nitrogens is 1. The van der Waals surface area contributed by atoms with Crippen LogP contribution >= 0.6 is 22.6 Å². The first-order valence-corrected chi connectivity index (χ1v) is 5.45. The molecule has 0 radical (unpaired) electrons. The smallest absolute Gasteiger partial charge is 0.465 e. The predicted molar refractivity (Wildman–Crippen MR) is 59.8 cm³/mol. The molecule has 0 saturated carbocycles. The van der Waals surface area contributed by atoms with Gasteiger partial charge in [-0.05, 0) is 22.6 Å². The van der Waals surface area contributed by atoms with Gasteiger partial charge in [-0.1, -0.05) is 0 Å². The van der Waals surface area contributed by atoms with Crippen molar-refractivity contribution in [3.8, 4) is 5.75 Å². The van der Waals surface area contributed by atoms with Gasteiger partial charge in [-0.3, -0.25) is 0 Å². The van der Waals surface area contributed by atoms with Gasteiger partial charge in [-0.25, -0.2) is 14.2 Å². The Labute approximate surface area is 112 Å². The van der Waals surface area contributed by atoms with Gasteiger partial charge in [0.25, 0.3) is 0 Å². The Bertz CT molecular complexity index is 464. The highest BCUT2D eigenvalue weighted by atomic mass is 127. The molecule has 9 heteroatoms. The Morgan fingerprint density at radius 1 is 1.50 bits per heavy atom. The number of pyridine rings is 1. The maximum Gasteiger partial charge on any atom is 0.573 e. The molecule has 1 aromatic heterocycles. The molecule has 0 atom stereocenters. The number of carbonyl (C=O) groups excluding carboxylic acids is 1. The summed E-state index contributed by atoms with van der Waals surface area (Å²) in [6.45, 7) is -1.16. The number of methoxy groups -OCH3 is 1. The summed E-state index contributed by atoms with van der Waals surface area (Å²) < 4.78 is 57.0. The summed E-state index contributed by atoms with van der Waals surface area (Å²) in [5.41, 5.74) is -0.946. The van der Waals surface area contributed by atoms with Crippen LogP contribution in [-0.2, 0) is 11.4 Å². The van der Waals surface area contributed by atoms with Gasteiger partial charge in [0.05, 0.1) is 7.11 Å². The molecule has 1 aromatic rings. The van der Waals surface area contributed by atoms with Gasteiger partial charge in [0.2, 0.25) is 0 Å². The minimum atomic E-state index is -5.01. The molecular weight excluding hydrogens is 373 g/mol. The molecular formula is C9H6F4INO3. The molecule has 0 saturated heterocycles. The average molecular weight is 379 g/mol. The average Bonchev–Trinajstić information content (AvgIpc) is 2.29. The summed E-state index contributed by atoms with van der Waals surface area (Å²) in [5, 5.41) is 0. The van der Waals surface area contributed by atoms with Crippen molar-refractivity contribution in [3.63, 3.8) is 0 Å². The van der Waals surface area contributed by atoms with E-state index in [4.69, 9.17) is 0 Å². The van der Waals surface area contributed by atoms with Crippen LogP contribution in [0.2, 0.25) is 0 Å². The van der Waals surface area contributed by atoms with E-state index < -0.39 is 30.3 Å². The van der Waals surface area contributed by atoms with Gasteiger partial charge in [0, 0.05) is 11.8 Å². The number of ether oxygens (including phenoxy) is 2. The fourth-order valence-electron chi connectivity index (χ4n) is 1.14. The number of alkyl halides is 4. The fourth-order valence-corrected chi connectivity index (χ4v) is 1.66. The van der Waals surface area contributed by atoms with E-state index in [0.29, 0.717) is 0 Å². The van der Waals surface area contributed by atoms with Crippen molar-refractivity contribution < 1.29 is 31.8 Å². The SMILES string of the molecule is COC(=O)c1c(CF)cnc(I)c1OC(F)(F)F. The minimum absolute atomic E-state index is 0.220. The lowest BCUT2D eigenvalue weighted by molar-refractivity contribution is -0.275. The molecule has 18 heavy (non-hydrogen) atoms. The lowest BCUT2D eigenvalue weighted by atomic mass is 10.1. The van der Waals surface area contributed by atoms with E-state index in [1.807, 2.05) is 0 Å². The summed E-state index contributed by atoms with van der Waals surface area (Å²) in [6, 6.07) is 0. The van der Waals surface area contributed by atoms with Crippen molar-refractivity contribution in [2.45, 2.75) is 13.0 Å². The first-order valence-electron chi connectivity index (χ1n) is 4.37. The first-order chi connectivity index (χ1) is 8.30. The van der Waals surface area contributed by atoms with E-state index in [-0.39, 0.29) is 9.26 Å². The van der Waals surface area contributed by atoms with Crippen molar-refractivity contribution >= 4 is 28.6 Å². The van der Waals surface area contributed by atoms with Gasteiger partial charge in [0.1, 0.15) is 15.9 Å². The van der Waals surface area contributed by atoms with Crippen molar-refractivity contribution in [2.75, 3.05) is 7.11 Å². The molecule has 0 aliphatic heterocycles. The molecule has 0 amide bonds. The van der Waals surface area contributed by atoms with Crippen molar-refractivity contribution in [3.05, 3.63) is 21.0 Å². The molecule has 4 nitrogen and oxygen atoms in total. The lowest BCUT2D eigenvalue weighted by Crippen LogP contribution is -2.21. The summed E-state index contributed by atoms with van der Waals surface area (Å²) >= 11 is 1.44. The highest BCUT2D eigenvalue weighted by Gasteiger charge is 2.35. The topological polar surface area (TPSA) is 48.4 Å². The third-order valence-corrected chi connectivity index (χ3v) is 2.59. The zero-order chi connectivity index (χ0) is 13.9. The largest absolute Gasteiger partial charge is 0.573 e. The van der Waals surface area contributed by atoms with Crippen LogP contribution in [0.3, 0.4) is 0 Å². The Hall–Kier alpha value is -1.13. The molecule has 0 spiro atoms. The molecule has 1 heterocycles. The third kappa shape index (κ3) is 3.43. The second kappa shape index (κ2) is 5.67. The fraction of sp³-hybridized carbons (Fsp3) is 0.333. The summed E-state index contributed by atoms with van der Waals surface area (Å²) in [4.78, 5) is 14.9. The zero-order valence-corrected chi connectivity index (χ0v) is 11.0. The van der Waals surface area contributed by atoms with Crippen LogP contribution in [-0.4, -0.2) is 24.4 Å². The van der Waals surface area contributed by atoms with E-state index in [1.165, 1.54) is 22.6 Å². The highest BCUT2D eigenvalue weighted by molar-refractivity contribution is 14.1. The Morgan fingerprint density at radius 3 is 2.56 bits per heavy atom. The number of hydrogen-bond donors (Lipinski definition) is 0. The summed E-state index contributed by atoms with van der Waals surface area (Å²) in [6.07, 6.45) is -4.06. The third-order valence-electron chi connectivity index (χ3n) is 1.82. The first kappa shape index (κ1) is 14.9. The number of nitrogens with zero attached hydrogens (tertiary/aromatic N) is 1. The van der Waals surface area contributed by atoms with Crippen LogP contribution in [0.4, 0.5) is 17.6 Å². The maximum atomic E-state index is 12.6. The number of hydrogen-bond acceptors (Lipinski definition) is 4. The number of halogens is 5. The standard InChI is InChI=1S/C9H6F4INO3/c1-17-8(16)5-4(2-10)3-15-7(14)6(5)18-9(11,12)13/h3H,2H2,1H3. The van der Waals surface area contributed by atoms with Crippen LogP contribution in [0, 0.1) is 3.70 Å². The van der Waals surface area contributed by atoms with Crippen LogP contribution in [0.1, 0.15) is 15.9 Å². The van der Waals surface area contributed by atoms with E-state index >= 15 is 0 Å².